The van der Waals surface area contributed by atoms with Gasteiger partial charge < -0.3 is 20.0 Å². The Balaban J connectivity index is 0.000000780. The quantitative estimate of drug-likeness (QED) is 0.635. The summed E-state index contributed by atoms with van der Waals surface area (Å²) >= 11 is 0. The topological polar surface area (TPSA) is 111 Å². The number of aromatic nitrogens is 1. The number of nitriles is 1. The zero-order valence-corrected chi connectivity index (χ0v) is 21.4. The van der Waals surface area contributed by atoms with Crippen LogP contribution in [0.5, 0.6) is 0 Å². The number of nitrogens with one attached hydrogen (secondary N) is 2. The van der Waals surface area contributed by atoms with Crippen molar-refractivity contribution in [1.82, 2.24) is 15.2 Å². The van der Waals surface area contributed by atoms with Crippen LogP contribution in [0.2, 0.25) is 0 Å². The van der Waals surface area contributed by atoms with E-state index in [4.69, 9.17) is 4.42 Å². The maximum absolute atomic E-state index is 12.7. The van der Waals surface area contributed by atoms with Crippen LogP contribution in [0.15, 0.2) is 33.5 Å². The van der Waals surface area contributed by atoms with Crippen LogP contribution in [0.25, 0.3) is 11.0 Å². The van der Waals surface area contributed by atoms with E-state index in [9.17, 15) is 14.9 Å². The Morgan fingerprint density at radius 1 is 1.29 bits per heavy atom. The van der Waals surface area contributed by atoms with E-state index in [0.717, 1.165) is 26.1 Å². The number of hydrogen-bond donors (Lipinski definition) is 2. The third-order valence-corrected chi connectivity index (χ3v) is 6.18. The minimum absolute atomic E-state index is 0. The summed E-state index contributed by atoms with van der Waals surface area (Å²) < 4.78 is 5.07. The number of benzene rings is 1. The number of anilines is 1. The minimum atomic E-state index is -0.859. The van der Waals surface area contributed by atoms with Gasteiger partial charge in [0.15, 0.2) is 0 Å². The standard InChI is InChI=1S/C20H25N5O3.C6H14.H2/c1-3-10-25-11-8-20(13-21,9-12-25)24-18(26)14(2)22-17-15-6-4-5-7-16(15)28-19(27)23-17;1-5-6(2,3)4;/h4-7,14H,3,8-12H2,1-2H3,(H,24,26)(H,22,23,27);5H2,1-4H3;1H/t14-;;/m1../s1. The Morgan fingerprint density at radius 2 is 1.91 bits per heavy atom. The normalized spacial score (nSPS) is 16.6. The Labute approximate surface area is 204 Å². The Bertz CT molecular complexity index is 1050. The van der Waals surface area contributed by atoms with Crippen molar-refractivity contribution in [1.29, 1.82) is 5.26 Å². The van der Waals surface area contributed by atoms with Crippen LogP contribution in [-0.2, 0) is 4.79 Å². The first-order valence-electron chi connectivity index (χ1n) is 12.1. The van der Waals surface area contributed by atoms with Gasteiger partial charge >= 0.3 is 5.76 Å². The highest BCUT2D eigenvalue weighted by molar-refractivity contribution is 5.91. The Morgan fingerprint density at radius 3 is 2.47 bits per heavy atom. The largest absolute Gasteiger partial charge is 0.441 e. The average molecular weight is 472 g/mol. The maximum Gasteiger partial charge on any atom is 0.441 e. The van der Waals surface area contributed by atoms with Crippen molar-refractivity contribution in [3.8, 4) is 6.07 Å². The molecule has 2 aromatic rings. The first-order valence-corrected chi connectivity index (χ1v) is 12.1. The predicted octanol–water partition coefficient (Wildman–Crippen LogP) is 4.56. The van der Waals surface area contributed by atoms with E-state index in [1.54, 1.807) is 31.2 Å². The number of para-hydroxylation sites is 1. The molecule has 0 spiro atoms. The molecule has 1 aliphatic rings. The molecule has 1 saturated heterocycles. The molecule has 1 amide bonds. The summed E-state index contributed by atoms with van der Waals surface area (Å²) in [5, 5.41) is 16.2. The van der Waals surface area contributed by atoms with E-state index >= 15 is 0 Å². The summed E-state index contributed by atoms with van der Waals surface area (Å²) in [7, 11) is 0. The zero-order valence-electron chi connectivity index (χ0n) is 21.4. The number of fused-ring (bicyclic) bond motifs is 1. The first-order chi connectivity index (χ1) is 16.0. The van der Waals surface area contributed by atoms with Crippen LogP contribution in [0, 0.1) is 16.7 Å². The summed E-state index contributed by atoms with van der Waals surface area (Å²) in [4.78, 5) is 30.6. The number of carbonyl (C=O) groups is 1. The molecule has 1 aliphatic heterocycles. The molecule has 3 rings (SSSR count). The molecule has 1 fully saturated rings. The van der Waals surface area contributed by atoms with E-state index in [-0.39, 0.29) is 7.33 Å². The van der Waals surface area contributed by atoms with Gasteiger partial charge in [0.2, 0.25) is 5.91 Å². The summed E-state index contributed by atoms with van der Waals surface area (Å²) in [5.74, 6) is -0.742. The third kappa shape index (κ3) is 7.84. The van der Waals surface area contributed by atoms with Crippen molar-refractivity contribution in [2.75, 3.05) is 25.0 Å². The second-order valence-corrected chi connectivity index (χ2v) is 10.1. The van der Waals surface area contributed by atoms with Crippen molar-refractivity contribution < 1.29 is 10.6 Å². The molecule has 2 heterocycles. The summed E-state index contributed by atoms with van der Waals surface area (Å²) in [5.41, 5.74) is 0.0806. The molecule has 0 aliphatic carbocycles. The number of carbonyl (C=O) groups excluding carboxylic acids is 1. The van der Waals surface area contributed by atoms with Gasteiger partial charge in [-0.2, -0.15) is 10.2 Å². The van der Waals surface area contributed by atoms with Gasteiger partial charge in [0.25, 0.3) is 0 Å². The highest BCUT2D eigenvalue weighted by Crippen LogP contribution is 2.23. The van der Waals surface area contributed by atoms with E-state index in [2.05, 4.69) is 61.2 Å². The second-order valence-electron chi connectivity index (χ2n) is 10.1. The van der Waals surface area contributed by atoms with Crippen LogP contribution in [0.3, 0.4) is 0 Å². The lowest BCUT2D eigenvalue weighted by molar-refractivity contribution is -0.123. The monoisotopic (exact) mass is 471 g/mol. The van der Waals surface area contributed by atoms with E-state index in [1.807, 2.05) is 0 Å². The maximum atomic E-state index is 12.7. The molecule has 0 radical (unpaired) electrons. The molecule has 0 saturated carbocycles. The van der Waals surface area contributed by atoms with Gasteiger partial charge in [0, 0.05) is 14.5 Å². The third-order valence-electron chi connectivity index (χ3n) is 6.18. The molecule has 8 heteroatoms. The van der Waals surface area contributed by atoms with Crippen molar-refractivity contribution in [2.45, 2.75) is 78.8 Å². The van der Waals surface area contributed by atoms with Crippen molar-refractivity contribution in [2.24, 2.45) is 5.41 Å². The number of rotatable bonds is 6. The molecule has 34 heavy (non-hydrogen) atoms. The number of nitrogens with zero attached hydrogens (tertiary/aromatic N) is 3. The predicted molar refractivity (Wildman–Crippen MR) is 138 cm³/mol. The van der Waals surface area contributed by atoms with Gasteiger partial charge in [0.05, 0.1) is 11.5 Å². The summed E-state index contributed by atoms with van der Waals surface area (Å²) in [6.45, 7) is 15.3. The highest BCUT2D eigenvalue weighted by Gasteiger charge is 2.37. The lowest BCUT2D eigenvalue weighted by Crippen LogP contribution is -2.57. The molecule has 1 atom stereocenters. The van der Waals surface area contributed by atoms with Crippen molar-refractivity contribution in [3.63, 3.8) is 0 Å². The van der Waals surface area contributed by atoms with E-state index in [1.165, 1.54) is 6.42 Å². The molecule has 2 N–H and O–H groups in total. The van der Waals surface area contributed by atoms with Crippen molar-refractivity contribution in [3.05, 3.63) is 34.8 Å². The fourth-order valence-electron chi connectivity index (χ4n) is 3.48. The summed E-state index contributed by atoms with van der Waals surface area (Å²) in [6, 6.07) is 8.62. The van der Waals surface area contributed by atoms with Gasteiger partial charge in [-0.15, -0.1) is 0 Å². The molecule has 8 nitrogen and oxygen atoms in total. The zero-order chi connectivity index (χ0) is 25.4. The van der Waals surface area contributed by atoms with Gasteiger partial charge in [-0.05, 0) is 50.3 Å². The van der Waals surface area contributed by atoms with Crippen LogP contribution in [0.4, 0.5) is 5.82 Å². The lowest BCUT2D eigenvalue weighted by atomic mass is 9.88. The lowest BCUT2D eigenvalue weighted by Gasteiger charge is -2.38. The number of piperidine rings is 1. The van der Waals surface area contributed by atoms with E-state index in [0.29, 0.717) is 35.0 Å². The number of hydrogen-bond acceptors (Lipinski definition) is 7. The van der Waals surface area contributed by atoms with Crippen LogP contribution >= 0.6 is 0 Å². The second kappa shape index (κ2) is 12.0. The molecule has 188 valence electrons. The summed E-state index contributed by atoms with van der Waals surface area (Å²) in [6.07, 6.45) is 3.53. The van der Waals surface area contributed by atoms with Gasteiger partial charge in [-0.25, -0.2) is 4.79 Å². The number of likely N-dealkylation sites (tertiary alicyclic amines) is 1. The van der Waals surface area contributed by atoms with E-state index < -0.39 is 17.3 Å². The van der Waals surface area contributed by atoms with Crippen LogP contribution < -0.4 is 16.4 Å². The Hall–Kier alpha value is -2.92. The molecule has 0 bridgehead atoms. The van der Waals surface area contributed by atoms with Gasteiger partial charge in [0.1, 0.15) is 23.0 Å². The smallest absolute Gasteiger partial charge is 0.408 e. The Kier molecular flexibility index (Phi) is 9.63. The minimum Gasteiger partial charge on any atom is -0.408 e. The van der Waals surface area contributed by atoms with Gasteiger partial charge in [-0.1, -0.05) is 53.2 Å². The number of amides is 1. The molecule has 1 aromatic heterocycles. The van der Waals surface area contributed by atoms with Crippen LogP contribution in [0.1, 0.15) is 68.7 Å². The molecular formula is C26H41N5O3. The molecule has 0 unspecified atom stereocenters. The van der Waals surface area contributed by atoms with Gasteiger partial charge in [-0.3, -0.25) is 4.79 Å². The molecule has 1 aromatic carbocycles. The average Bonchev–Trinajstić information content (AvgIpc) is 2.80. The molecular weight excluding hydrogens is 430 g/mol. The fraction of sp³-hybridized carbons (Fsp3) is 0.615. The highest BCUT2D eigenvalue weighted by atomic mass is 16.4. The van der Waals surface area contributed by atoms with Crippen LogP contribution in [-0.4, -0.2) is 47.0 Å². The SMILES string of the molecule is CCC(C)(C)C.CCCN1CCC(C#N)(NC(=O)[C@@H](C)Nc2nc(=O)oc3ccccc23)CC1.[HH]. The fourth-order valence-corrected chi connectivity index (χ4v) is 3.48. The first kappa shape index (κ1) is 27.3. The van der Waals surface area contributed by atoms with Crippen molar-refractivity contribution >= 4 is 22.7 Å².